The summed E-state index contributed by atoms with van der Waals surface area (Å²) in [6, 6.07) is 4.71. The highest BCUT2D eigenvalue weighted by Crippen LogP contribution is 2.41. The monoisotopic (exact) mass is 451 g/mol. The van der Waals surface area contributed by atoms with Crippen LogP contribution in [0.2, 0.25) is 5.02 Å². The van der Waals surface area contributed by atoms with E-state index in [1.54, 1.807) is 6.92 Å². The maximum atomic E-state index is 14.1. The first kappa shape index (κ1) is 18.6. The Balaban J connectivity index is 2.10. The molecule has 0 aliphatic heterocycles. The van der Waals surface area contributed by atoms with Crippen LogP contribution in [0.25, 0.3) is 0 Å². The van der Waals surface area contributed by atoms with E-state index >= 15 is 0 Å². The van der Waals surface area contributed by atoms with Gasteiger partial charge in [0.25, 0.3) is 10.0 Å². The molecule has 0 saturated carbocycles. The SMILES string of the molecule is CC1(O)CCc2c1cc(Cl)cc2S(=O)(=O)Nc1ccc(F)c(Br)c1F. The van der Waals surface area contributed by atoms with Gasteiger partial charge in [0.05, 0.1) is 20.7 Å². The van der Waals surface area contributed by atoms with Gasteiger partial charge in [0, 0.05) is 5.02 Å². The molecule has 4 nitrogen and oxygen atoms in total. The molecule has 1 atom stereocenters. The van der Waals surface area contributed by atoms with E-state index in [1.807, 2.05) is 0 Å². The highest BCUT2D eigenvalue weighted by molar-refractivity contribution is 9.10. The van der Waals surface area contributed by atoms with E-state index < -0.39 is 37.4 Å². The van der Waals surface area contributed by atoms with Gasteiger partial charge >= 0.3 is 0 Å². The zero-order chi connectivity index (χ0) is 18.6. The van der Waals surface area contributed by atoms with Gasteiger partial charge in [0.2, 0.25) is 0 Å². The molecule has 1 aliphatic carbocycles. The first-order valence-corrected chi connectivity index (χ1v) is 9.90. The number of benzene rings is 2. The molecule has 1 aliphatic rings. The molecular weight excluding hydrogens is 440 g/mol. The average molecular weight is 453 g/mol. The molecule has 0 saturated heterocycles. The second-order valence-electron chi connectivity index (χ2n) is 6.03. The van der Waals surface area contributed by atoms with Gasteiger partial charge in [-0.3, -0.25) is 4.72 Å². The lowest BCUT2D eigenvalue weighted by Crippen LogP contribution is -2.19. The van der Waals surface area contributed by atoms with Crippen LogP contribution in [-0.2, 0) is 22.0 Å². The third-order valence-corrected chi connectivity index (χ3v) is 6.56. The molecular formula is C16H13BrClF2NO3S. The molecule has 0 bridgehead atoms. The summed E-state index contributed by atoms with van der Waals surface area (Å²) in [4.78, 5) is -0.132. The fourth-order valence-electron chi connectivity index (χ4n) is 2.90. The third kappa shape index (κ3) is 3.28. The minimum atomic E-state index is -4.19. The summed E-state index contributed by atoms with van der Waals surface area (Å²) < 4.78 is 54.6. The molecule has 0 radical (unpaired) electrons. The number of anilines is 1. The molecule has 3 rings (SSSR count). The largest absolute Gasteiger partial charge is 0.385 e. The standard InChI is InChI=1S/C16H13BrClF2NO3S/c1-16(22)5-4-9-10(16)6-8(18)7-13(9)25(23,24)21-12-3-2-11(19)14(17)15(12)20/h2-3,6-7,21-22H,4-5H2,1H3. The quantitative estimate of drug-likeness (QED) is 0.681. The summed E-state index contributed by atoms with van der Waals surface area (Å²) in [7, 11) is -4.19. The third-order valence-electron chi connectivity index (χ3n) is 4.18. The van der Waals surface area contributed by atoms with Crippen molar-refractivity contribution in [2.24, 2.45) is 0 Å². The van der Waals surface area contributed by atoms with Crippen LogP contribution in [0, 0.1) is 11.6 Å². The minimum Gasteiger partial charge on any atom is -0.385 e. The van der Waals surface area contributed by atoms with Crippen LogP contribution in [-0.4, -0.2) is 13.5 Å². The van der Waals surface area contributed by atoms with E-state index in [0.29, 0.717) is 24.0 Å². The van der Waals surface area contributed by atoms with Gasteiger partial charge in [0.15, 0.2) is 5.82 Å². The Labute approximate surface area is 157 Å². The topological polar surface area (TPSA) is 66.4 Å². The van der Waals surface area contributed by atoms with Crippen LogP contribution in [0.15, 0.2) is 33.6 Å². The predicted octanol–water partition coefficient (Wildman–Crippen LogP) is 4.34. The molecule has 25 heavy (non-hydrogen) atoms. The van der Waals surface area contributed by atoms with Crippen molar-refractivity contribution in [3.63, 3.8) is 0 Å². The second-order valence-corrected chi connectivity index (χ2v) is 8.91. The van der Waals surface area contributed by atoms with Crippen LogP contribution < -0.4 is 4.72 Å². The van der Waals surface area contributed by atoms with Crippen LogP contribution in [0.3, 0.4) is 0 Å². The minimum absolute atomic E-state index is 0.132. The van der Waals surface area contributed by atoms with Crippen molar-refractivity contribution in [1.82, 2.24) is 0 Å². The van der Waals surface area contributed by atoms with E-state index in [2.05, 4.69) is 20.7 Å². The summed E-state index contributed by atoms with van der Waals surface area (Å²) >= 11 is 8.74. The number of nitrogens with one attached hydrogen (secondary N) is 1. The number of halogens is 4. The average Bonchev–Trinajstić information content (AvgIpc) is 2.82. The lowest BCUT2D eigenvalue weighted by atomic mass is 9.99. The molecule has 9 heteroatoms. The van der Waals surface area contributed by atoms with Gasteiger partial charge in [-0.25, -0.2) is 17.2 Å². The molecule has 0 fully saturated rings. The molecule has 0 amide bonds. The van der Waals surface area contributed by atoms with Crippen LogP contribution in [0.4, 0.5) is 14.5 Å². The van der Waals surface area contributed by atoms with Gasteiger partial charge in [0.1, 0.15) is 5.82 Å². The molecule has 134 valence electrons. The van der Waals surface area contributed by atoms with Crippen molar-refractivity contribution >= 4 is 43.2 Å². The van der Waals surface area contributed by atoms with E-state index in [-0.39, 0.29) is 9.92 Å². The zero-order valence-corrected chi connectivity index (χ0v) is 16.1. The predicted molar refractivity (Wildman–Crippen MR) is 94.2 cm³/mol. The summed E-state index contributed by atoms with van der Waals surface area (Å²) in [6.07, 6.45) is 0.687. The van der Waals surface area contributed by atoms with E-state index in [0.717, 1.165) is 12.1 Å². The molecule has 2 aromatic rings. The Morgan fingerprint density at radius 1 is 1.32 bits per heavy atom. The summed E-state index contributed by atoms with van der Waals surface area (Å²) in [5.74, 6) is -1.91. The normalized spacial score (nSPS) is 19.8. The van der Waals surface area contributed by atoms with E-state index in [9.17, 15) is 22.3 Å². The van der Waals surface area contributed by atoms with Crippen molar-refractivity contribution in [1.29, 1.82) is 0 Å². The highest BCUT2D eigenvalue weighted by atomic mass is 79.9. The maximum absolute atomic E-state index is 14.1. The Morgan fingerprint density at radius 3 is 2.68 bits per heavy atom. The number of sulfonamides is 1. The van der Waals surface area contributed by atoms with Crippen molar-refractivity contribution in [2.45, 2.75) is 30.3 Å². The fourth-order valence-corrected chi connectivity index (χ4v) is 4.90. The Bertz CT molecular complexity index is 980. The molecule has 0 aromatic heterocycles. The number of hydrogen-bond acceptors (Lipinski definition) is 3. The maximum Gasteiger partial charge on any atom is 0.262 e. The second kappa shape index (κ2) is 6.19. The van der Waals surface area contributed by atoms with Gasteiger partial charge < -0.3 is 5.11 Å². The van der Waals surface area contributed by atoms with Gasteiger partial charge in [-0.15, -0.1) is 0 Å². The van der Waals surface area contributed by atoms with Gasteiger partial charge in [-0.2, -0.15) is 0 Å². The van der Waals surface area contributed by atoms with Gasteiger partial charge in [-0.1, -0.05) is 11.6 Å². The lowest BCUT2D eigenvalue weighted by Gasteiger charge is -2.19. The van der Waals surface area contributed by atoms with Crippen LogP contribution in [0.1, 0.15) is 24.5 Å². The smallest absolute Gasteiger partial charge is 0.262 e. The van der Waals surface area contributed by atoms with Gasteiger partial charge in [-0.05, 0) is 71.1 Å². The summed E-state index contributed by atoms with van der Waals surface area (Å²) in [5, 5.41) is 10.5. The summed E-state index contributed by atoms with van der Waals surface area (Å²) in [6.45, 7) is 1.58. The molecule has 1 unspecified atom stereocenters. The first-order chi connectivity index (χ1) is 11.5. The first-order valence-electron chi connectivity index (χ1n) is 7.24. The fraction of sp³-hybridized carbons (Fsp3) is 0.250. The Kier molecular flexibility index (Phi) is 4.60. The number of aliphatic hydroxyl groups is 1. The molecule has 0 spiro atoms. The number of fused-ring (bicyclic) bond motifs is 1. The van der Waals surface area contributed by atoms with E-state index in [1.165, 1.54) is 12.1 Å². The van der Waals surface area contributed by atoms with Crippen LogP contribution in [0.5, 0.6) is 0 Å². The Hall–Kier alpha value is -1.22. The number of hydrogen-bond donors (Lipinski definition) is 2. The summed E-state index contributed by atoms with van der Waals surface area (Å²) in [5.41, 5.74) is -0.717. The lowest BCUT2D eigenvalue weighted by molar-refractivity contribution is 0.0594. The number of rotatable bonds is 3. The van der Waals surface area contributed by atoms with Crippen molar-refractivity contribution < 1.29 is 22.3 Å². The van der Waals surface area contributed by atoms with Crippen molar-refractivity contribution in [3.05, 3.63) is 56.5 Å². The van der Waals surface area contributed by atoms with Crippen LogP contribution >= 0.6 is 27.5 Å². The highest BCUT2D eigenvalue weighted by Gasteiger charge is 2.36. The molecule has 2 N–H and O–H groups in total. The van der Waals surface area contributed by atoms with Crippen molar-refractivity contribution in [2.75, 3.05) is 4.72 Å². The molecule has 2 aromatic carbocycles. The molecule has 0 heterocycles. The Morgan fingerprint density at radius 2 is 2.00 bits per heavy atom. The zero-order valence-electron chi connectivity index (χ0n) is 12.9. The van der Waals surface area contributed by atoms with E-state index in [4.69, 9.17) is 11.6 Å². The van der Waals surface area contributed by atoms with Crippen molar-refractivity contribution in [3.8, 4) is 0 Å².